The molecule has 4 nitrogen and oxygen atoms in total. The van der Waals surface area contributed by atoms with Gasteiger partial charge in [0.1, 0.15) is 0 Å². The molecule has 0 radical (unpaired) electrons. The molecule has 0 aromatic heterocycles. The van der Waals surface area contributed by atoms with Gasteiger partial charge in [-0.25, -0.2) is 4.79 Å². The van der Waals surface area contributed by atoms with E-state index < -0.39 is 0 Å². The zero-order valence-electron chi connectivity index (χ0n) is 11.1. The molecule has 0 atom stereocenters. The summed E-state index contributed by atoms with van der Waals surface area (Å²) in [6, 6.07) is 7.65. The zero-order valence-corrected chi connectivity index (χ0v) is 11.1. The number of aliphatic hydroxyl groups is 1. The molecule has 1 aromatic rings. The Bertz CT molecular complexity index is 380. The van der Waals surface area contributed by atoms with Crippen LogP contribution in [0.5, 0.6) is 0 Å². The van der Waals surface area contributed by atoms with Crippen LogP contribution in [0.4, 0.5) is 10.5 Å². The molecule has 0 bridgehead atoms. The van der Waals surface area contributed by atoms with E-state index in [4.69, 9.17) is 5.11 Å². The minimum Gasteiger partial charge on any atom is -0.396 e. The molecular weight excluding hydrogens is 228 g/mol. The fraction of sp³-hybridized carbons (Fsp3) is 0.500. The van der Waals surface area contributed by atoms with Crippen molar-refractivity contribution >= 4 is 11.7 Å². The van der Waals surface area contributed by atoms with Gasteiger partial charge in [-0.2, -0.15) is 0 Å². The number of amides is 2. The van der Waals surface area contributed by atoms with E-state index in [9.17, 15) is 4.79 Å². The highest BCUT2D eigenvalue weighted by Gasteiger charge is 2.07. The normalized spacial score (nSPS) is 10.2. The van der Waals surface area contributed by atoms with Gasteiger partial charge in [-0.3, -0.25) is 0 Å². The maximum atomic E-state index is 11.9. The zero-order chi connectivity index (χ0) is 13.4. The van der Waals surface area contributed by atoms with Crippen LogP contribution < -0.4 is 5.32 Å². The third kappa shape index (κ3) is 5.19. The molecule has 2 amide bonds. The third-order valence-electron chi connectivity index (χ3n) is 2.77. The lowest BCUT2D eigenvalue weighted by atomic mass is 10.2. The van der Waals surface area contributed by atoms with Crippen LogP contribution in [-0.4, -0.2) is 36.2 Å². The number of rotatable bonds is 6. The van der Waals surface area contributed by atoms with Crippen molar-refractivity contribution < 1.29 is 9.90 Å². The summed E-state index contributed by atoms with van der Waals surface area (Å²) in [5.74, 6) is 0. The summed E-state index contributed by atoms with van der Waals surface area (Å²) in [7, 11) is 1.78. The first kappa shape index (κ1) is 14.5. The molecule has 0 heterocycles. The van der Waals surface area contributed by atoms with Gasteiger partial charge in [0.05, 0.1) is 0 Å². The van der Waals surface area contributed by atoms with Crippen molar-refractivity contribution in [3.05, 3.63) is 29.8 Å². The topological polar surface area (TPSA) is 52.6 Å². The fourth-order valence-corrected chi connectivity index (χ4v) is 1.68. The first-order valence-corrected chi connectivity index (χ1v) is 6.33. The maximum Gasteiger partial charge on any atom is 0.321 e. The summed E-state index contributed by atoms with van der Waals surface area (Å²) in [6.07, 6.45) is 2.66. The number of carbonyl (C=O) groups excluding carboxylic acids is 1. The number of nitrogens with zero attached hydrogens (tertiary/aromatic N) is 1. The van der Waals surface area contributed by atoms with Crippen LogP contribution >= 0.6 is 0 Å². The van der Waals surface area contributed by atoms with Crippen LogP contribution in [0, 0.1) is 6.92 Å². The van der Waals surface area contributed by atoms with E-state index in [-0.39, 0.29) is 12.6 Å². The number of anilines is 1. The second-order valence-electron chi connectivity index (χ2n) is 4.51. The molecule has 0 aliphatic heterocycles. The fourth-order valence-electron chi connectivity index (χ4n) is 1.68. The Morgan fingerprint density at radius 2 is 2.11 bits per heavy atom. The van der Waals surface area contributed by atoms with Crippen molar-refractivity contribution in [2.45, 2.75) is 26.2 Å². The van der Waals surface area contributed by atoms with Crippen LogP contribution in [0.2, 0.25) is 0 Å². The minimum atomic E-state index is -0.0930. The number of nitrogens with one attached hydrogen (secondary N) is 1. The number of hydrogen-bond donors (Lipinski definition) is 2. The lowest BCUT2D eigenvalue weighted by molar-refractivity contribution is 0.220. The van der Waals surface area contributed by atoms with Gasteiger partial charge in [-0.05, 0) is 43.9 Å². The Morgan fingerprint density at radius 1 is 1.33 bits per heavy atom. The number of aliphatic hydroxyl groups excluding tert-OH is 1. The lowest BCUT2D eigenvalue weighted by Crippen LogP contribution is -2.32. The van der Waals surface area contributed by atoms with Gasteiger partial charge in [-0.1, -0.05) is 12.1 Å². The average molecular weight is 250 g/mol. The van der Waals surface area contributed by atoms with Gasteiger partial charge in [-0.15, -0.1) is 0 Å². The first-order valence-electron chi connectivity index (χ1n) is 6.33. The Morgan fingerprint density at radius 3 is 2.78 bits per heavy atom. The maximum absolute atomic E-state index is 11.9. The molecular formula is C14H22N2O2. The molecule has 0 aliphatic carbocycles. The highest BCUT2D eigenvalue weighted by molar-refractivity contribution is 5.89. The third-order valence-corrected chi connectivity index (χ3v) is 2.77. The molecule has 0 saturated heterocycles. The molecule has 0 spiro atoms. The minimum absolute atomic E-state index is 0.0930. The van der Waals surface area contributed by atoms with Crippen LogP contribution in [0.3, 0.4) is 0 Å². The number of aryl methyl sites for hydroxylation is 1. The summed E-state index contributed by atoms with van der Waals surface area (Å²) in [5.41, 5.74) is 1.95. The highest BCUT2D eigenvalue weighted by atomic mass is 16.2. The first-order chi connectivity index (χ1) is 8.63. The van der Waals surface area contributed by atoms with Crippen molar-refractivity contribution in [3.8, 4) is 0 Å². The smallest absolute Gasteiger partial charge is 0.321 e. The molecule has 0 aliphatic rings. The van der Waals surface area contributed by atoms with Crippen LogP contribution in [0.1, 0.15) is 24.8 Å². The lowest BCUT2D eigenvalue weighted by Gasteiger charge is -2.18. The van der Waals surface area contributed by atoms with Crippen molar-refractivity contribution in [1.82, 2.24) is 4.90 Å². The molecule has 0 fully saturated rings. The summed E-state index contributed by atoms with van der Waals surface area (Å²) in [4.78, 5) is 13.5. The van der Waals surface area contributed by atoms with Crippen LogP contribution in [0.25, 0.3) is 0 Å². The Labute approximate surface area is 109 Å². The Kier molecular flexibility index (Phi) is 6.22. The second kappa shape index (κ2) is 7.71. The number of benzene rings is 1. The van der Waals surface area contributed by atoms with Crippen molar-refractivity contribution in [3.63, 3.8) is 0 Å². The van der Waals surface area contributed by atoms with Gasteiger partial charge in [0, 0.05) is 25.9 Å². The van der Waals surface area contributed by atoms with Gasteiger partial charge >= 0.3 is 6.03 Å². The molecule has 4 heteroatoms. The molecule has 1 aromatic carbocycles. The van der Waals surface area contributed by atoms with E-state index in [1.807, 2.05) is 31.2 Å². The molecule has 0 unspecified atom stereocenters. The summed E-state index contributed by atoms with van der Waals surface area (Å²) in [6.45, 7) is 2.92. The summed E-state index contributed by atoms with van der Waals surface area (Å²) in [5, 5.41) is 11.5. The van der Waals surface area contributed by atoms with Crippen molar-refractivity contribution in [2.75, 3.05) is 25.5 Å². The molecule has 18 heavy (non-hydrogen) atoms. The van der Waals surface area contributed by atoms with Crippen LogP contribution in [0.15, 0.2) is 24.3 Å². The number of hydrogen-bond acceptors (Lipinski definition) is 2. The molecule has 1 rings (SSSR count). The van der Waals surface area contributed by atoms with Gasteiger partial charge in [0.25, 0.3) is 0 Å². The van der Waals surface area contributed by atoms with E-state index in [1.54, 1.807) is 11.9 Å². The number of unbranched alkanes of at least 4 members (excludes halogenated alkanes) is 2. The van der Waals surface area contributed by atoms with Crippen molar-refractivity contribution in [1.29, 1.82) is 0 Å². The molecule has 2 N–H and O–H groups in total. The quantitative estimate of drug-likeness (QED) is 0.762. The van der Waals surface area contributed by atoms with E-state index in [0.717, 1.165) is 30.5 Å². The number of urea groups is 1. The largest absolute Gasteiger partial charge is 0.396 e. The van der Waals surface area contributed by atoms with Crippen molar-refractivity contribution in [2.24, 2.45) is 0 Å². The predicted molar refractivity (Wildman–Crippen MR) is 73.8 cm³/mol. The molecule has 0 saturated carbocycles. The summed E-state index contributed by atoms with van der Waals surface area (Å²) >= 11 is 0. The average Bonchev–Trinajstić information content (AvgIpc) is 2.34. The van der Waals surface area contributed by atoms with E-state index in [0.29, 0.717) is 6.54 Å². The van der Waals surface area contributed by atoms with E-state index in [1.165, 1.54) is 0 Å². The molecule has 100 valence electrons. The van der Waals surface area contributed by atoms with E-state index >= 15 is 0 Å². The predicted octanol–water partition coefficient (Wildman–Crippen LogP) is 2.62. The Hall–Kier alpha value is -1.55. The standard InChI is InChI=1S/C14H22N2O2/c1-12-7-6-8-13(11-12)15-14(18)16(2)9-4-3-5-10-17/h6-8,11,17H,3-5,9-10H2,1-2H3,(H,15,18). The SMILES string of the molecule is Cc1cccc(NC(=O)N(C)CCCCCO)c1. The monoisotopic (exact) mass is 250 g/mol. The second-order valence-corrected chi connectivity index (χ2v) is 4.51. The van der Waals surface area contributed by atoms with Gasteiger partial charge in [0.15, 0.2) is 0 Å². The van der Waals surface area contributed by atoms with Gasteiger partial charge < -0.3 is 15.3 Å². The van der Waals surface area contributed by atoms with Crippen LogP contribution in [-0.2, 0) is 0 Å². The van der Waals surface area contributed by atoms with E-state index in [2.05, 4.69) is 5.32 Å². The highest BCUT2D eigenvalue weighted by Crippen LogP contribution is 2.10. The van der Waals surface area contributed by atoms with Gasteiger partial charge in [0.2, 0.25) is 0 Å². The summed E-state index contributed by atoms with van der Waals surface area (Å²) < 4.78 is 0. The Balaban J connectivity index is 2.35. The number of carbonyl (C=O) groups is 1.